The van der Waals surface area contributed by atoms with Gasteiger partial charge in [0.15, 0.2) is 11.6 Å². The van der Waals surface area contributed by atoms with E-state index in [1.54, 1.807) is 7.11 Å². The minimum atomic E-state index is -0.158. The summed E-state index contributed by atoms with van der Waals surface area (Å²) in [5.74, 6) is 1.55. The topological polar surface area (TPSA) is 82.3 Å². The Balaban J connectivity index is 3.11. The van der Waals surface area contributed by atoms with Gasteiger partial charge in [0.05, 0.1) is 6.61 Å². The number of hydrogen-bond donors (Lipinski definition) is 2. The molecule has 3 N–H and O–H groups in total. The first-order valence-corrected chi connectivity index (χ1v) is 7.64. The summed E-state index contributed by atoms with van der Waals surface area (Å²) in [6, 6.07) is 0. The van der Waals surface area contributed by atoms with Crippen LogP contribution in [0.15, 0.2) is 0 Å². The van der Waals surface area contributed by atoms with E-state index in [1.165, 1.54) is 0 Å². The van der Waals surface area contributed by atoms with Crippen LogP contribution in [0, 0.1) is 5.41 Å². The fourth-order valence-corrected chi connectivity index (χ4v) is 2.72. The van der Waals surface area contributed by atoms with Gasteiger partial charge >= 0.3 is 0 Å². The predicted molar refractivity (Wildman–Crippen MR) is 90.1 cm³/mol. The zero-order valence-corrected chi connectivity index (χ0v) is 14.9. The fraction of sp³-hybridized carbons (Fsp3) is 0.750. The van der Waals surface area contributed by atoms with Gasteiger partial charge < -0.3 is 20.5 Å². The number of ether oxygens (including phenoxy) is 2. The average Bonchev–Trinajstić information content (AvgIpc) is 2.32. The number of hydrogen-bond acceptors (Lipinski definition) is 6. The van der Waals surface area contributed by atoms with Gasteiger partial charge in [-0.25, -0.2) is 4.98 Å². The number of methoxy groups -OCH3 is 1. The number of nitrogens with zero attached hydrogens (tertiary/aromatic N) is 2. The van der Waals surface area contributed by atoms with Crippen LogP contribution in [0.25, 0.3) is 0 Å². The van der Waals surface area contributed by atoms with Gasteiger partial charge in [0.2, 0.25) is 5.88 Å². The van der Waals surface area contributed by atoms with E-state index in [0.29, 0.717) is 36.4 Å². The first-order chi connectivity index (χ1) is 10.1. The largest absolute Gasteiger partial charge is 0.476 e. The number of rotatable bonds is 7. The van der Waals surface area contributed by atoms with Crippen LogP contribution in [-0.4, -0.2) is 29.2 Å². The molecule has 6 heteroatoms. The molecule has 0 unspecified atom stereocenters. The van der Waals surface area contributed by atoms with Gasteiger partial charge in [0.1, 0.15) is 12.3 Å². The van der Waals surface area contributed by atoms with Crippen molar-refractivity contribution in [3.05, 3.63) is 5.82 Å². The highest BCUT2D eigenvalue weighted by Crippen LogP contribution is 2.33. The third-order valence-corrected chi connectivity index (χ3v) is 2.94. The standard InChI is InChI=1S/C16H30N4O2/c1-8-22-14-12(17)13(18-11(19-14)9-21-7)20-16(5,6)10-15(2,3)4/h8-10,17H2,1-7H3,(H,18,19,20). The van der Waals surface area contributed by atoms with Crippen LogP contribution in [0.5, 0.6) is 5.88 Å². The Kier molecular flexibility index (Phi) is 6.00. The van der Waals surface area contributed by atoms with Crippen LogP contribution in [0.3, 0.4) is 0 Å². The molecule has 0 aliphatic heterocycles. The van der Waals surface area contributed by atoms with Crippen LogP contribution < -0.4 is 15.8 Å². The van der Waals surface area contributed by atoms with E-state index in [-0.39, 0.29) is 11.0 Å². The lowest BCUT2D eigenvalue weighted by molar-refractivity contribution is 0.176. The minimum Gasteiger partial charge on any atom is -0.476 e. The first-order valence-electron chi connectivity index (χ1n) is 7.64. The zero-order valence-electron chi connectivity index (χ0n) is 14.9. The van der Waals surface area contributed by atoms with Crippen molar-refractivity contribution in [1.29, 1.82) is 0 Å². The molecule has 0 fully saturated rings. The molecule has 6 nitrogen and oxygen atoms in total. The van der Waals surface area contributed by atoms with E-state index in [4.69, 9.17) is 15.2 Å². The van der Waals surface area contributed by atoms with E-state index in [2.05, 4.69) is 49.9 Å². The maximum atomic E-state index is 6.15. The molecule has 0 saturated heterocycles. The molecule has 0 radical (unpaired) electrons. The second-order valence-electron chi connectivity index (χ2n) is 7.32. The Hall–Kier alpha value is -1.56. The monoisotopic (exact) mass is 310 g/mol. The normalized spacial score (nSPS) is 12.3. The smallest absolute Gasteiger partial charge is 0.242 e. The SMILES string of the molecule is CCOc1nc(COC)nc(NC(C)(C)CC(C)(C)C)c1N. The van der Waals surface area contributed by atoms with E-state index in [1.807, 2.05) is 6.92 Å². The molecule has 0 spiro atoms. The molecule has 1 aromatic heterocycles. The number of nitrogens with one attached hydrogen (secondary N) is 1. The summed E-state index contributed by atoms with van der Waals surface area (Å²) in [6.07, 6.45) is 0.965. The number of nitrogens with two attached hydrogens (primary N) is 1. The van der Waals surface area contributed by atoms with Crippen molar-refractivity contribution in [1.82, 2.24) is 9.97 Å². The molecule has 0 saturated carbocycles. The van der Waals surface area contributed by atoms with Gasteiger partial charge in [-0.3, -0.25) is 0 Å². The van der Waals surface area contributed by atoms with Gasteiger partial charge in [0, 0.05) is 12.6 Å². The second kappa shape index (κ2) is 7.13. The van der Waals surface area contributed by atoms with Crippen LogP contribution in [-0.2, 0) is 11.3 Å². The van der Waals surface area contributed by atoms with Gasteiger partial charge in [0.25, 0.3) is 0 Å². The van der Waals surface area contributed by atoms with E-state index >= 15 is 0 Å². The number of aromatic nitrogens is 2. The molecule has 0 aromatic carbocycles. The van der Waals surface area contributed by atoms with Gasteiger partial charge in [-0.2, -0.15) is 4.98 Å². The Morgan fingerprint density at radius 1 is 1.14 bits per heavy atom. The van der Waals surface area contributed by atoms with Crippen LogP contribution in [0.2, 0.25) is 0 Å². The predicted octanol–water partition coefficient (Wildman–Crippen LogP) is 3.23. The molecule has 1 aromatic rings. The van der Waals surface area contributed by atoms with Crippen molar-refractivity contribution in [2.24, 2.45) is 5.41 Å². The second-order valence-corrected chi connectivity index (χ2v) is 7.32. The van der Waals surface area contributed by atoms with E-state index in [0.717, 1.165) is 6.42 Å². The van der Waals surface area contributed by atoms with E-state index < -0.39 is 0 Å². The average molecular weight is 310 g/mol. The van der Waals surface area contributed by atoms with Crippen molar-refractivity contribution in [3.8, 4) is 5.88 Å². The lowest BCUT2D eigenvalue weighted by atomic mass is 9.82. The van der Waals surface area contributed by atoms with Gasteiger partial charge in [-0.1, -0.05) is 20.8 Å². The first kappa shape index (κ1) is 18.5. The maximum Gasteiger partial charge on any atom is 0.242 e. The quantitative estimate of drug-likeness (QED) is 0.804. The summed E-state index contributed by atoms with van der Waals surface area (Å²) < 4.78 is 10.6. The summed E-state index contributed by atoms with van der Waals surface area (Å²) in [4.78, 5) is 8.76. The Morgan fingerprint density at radius 2 is 1.77 bits per heavy atom. The van der Waals surface area contributed by atoms with Crippen LogP contribution in [0.1, 0.15) is 53.8 Å². The summed E-state index contributed by atoms with van der Waals surface area (Å²) >= 11 is 0. The molecule has 126 valence electrons. The summed E-state index contributed by atoms with van der Waals surface area (Å²) in [7, 11) is 1.61. The molecule has 1 heterocycles. The number of anilines is 2. The van der Waals surface area contributed by atoms with Crippen molar-refractivity contribution in [2.75, 3.05) is 24.8 Å². The highest BCUT2D eigenvalue weighted by atomic mass is 16.5. The molecule has 0 aliphatic rings. The minimum absolute atomic E-state index is 0.158. The Bertz CT molecular complexity index is 496. The number of nitrogen functional groups attached to an aromatic ring is 1. The third-order valence-electron chi connectivity index (χ3n) is 2.94. The Labute approximate surface area is 133 Å². The van der Waals surface area contributed by atoms with Crippen molar-refractivity contribution in [3.63, 3.8) is 0 Å². The summed E-state index contributed by atoms with van der Waals surface area (Å²) in [6.45, 7) is 13.6. The van der Waals surface area contributed by atoms with Crippen molar-refractivity contribution in [2.45, 2.75) is 60.1 Å². The molecule has 1 rings (SSSR count). The fourth-order valence-electron chi connectivity index (χ4n) is 2.72. The molecule has 0 aliphatic carbocycles. The molecule has 0 bridgehead atoms. The molecule has 22 heavy (non-hydrogen) atoms. The Morgan fingerprint density at radius 3 is 2.27 bits per heavy atom. The van der Waals surface area contributed by atoms with Crippen LogP contribution in [0.4, 0.5) is 11.5 Å². The molecule has 0 atom stereocenters. The van der Waals surface area contributed by atoms with E-state index in [9.17, 15) is 0 Å². The lowest BCUT2D eigenvalue weighted by Gasteiger charge is -2.34. The van der Waals surface area contributed by atoms with Gasteiger partial charge in [-0.15, -0.1) is 0 Å². The van der Waals surface area contributed by atoms with Crippen molar-refractivity contribution >= 4 is 11.5 Å². The lowest BCUT2D eigenvalue weighted by Crippen LogP contribution is -2.36. The van der Waals surface area contributed by atoms with Crippen molar-refractivity contribution < 1.29 is 9.47 Å². The van der Waals surface area contributed by atoms with Crippen LogP contribution >= 0.6 is 0 Å². The molecular formula is C16H30N4O2. The maximum absolute atomic E-state index is 6.15. The molecule has 0 amide bonds. The summed E-state index contributed by atoms with van der Waals surface area (Å²) in [5.41, 5.74) is 6.62. The third kappa shape index (κ3) is 5.67. The van der Waals surface area contributed by atoms with Gasteiger partial charge in [-0.05, 0) is 32.6 Å². The highest BCUT2D eigenvalue weighted by molar-refractivity contribution is 5.67. The zero-order chi connectivity index (χ0) is 17.0. The summed E-state index contributed by atoms with van der Waals surface area (Å²) in [5, 5.41) is 3.43. The highest BCUT2D eigenvalue weighted by Gasteiger charge is 2.27. The molecular weight excluding hydrogens is 280 g/mol.